The normalized spacial score (nSPS) is 10.2. The highest BCUT2D eigenvalue weighted by atomic mass is 16.1. The predicted molar refractivity (Wildman–Crippen MR) is 66.7 cm³/mol. The third kappa shape index (κ3) is 3.17. The van der Waals surface area contributed by atoms with Crippen LogP contribution < -0.4 is 5.32 Å². The lowest BCUT2D eigenvalue weighted by Gasteiger charge is -2.01. The molecule has 4 heteroatoms. The molecule has 0 aliphatic rings. The fraction of sp³-hybridized carbons (Fsp3) is 0.231. The molecule has 0 radical (unpaired) electrons. The molecule has 17 heavy (non-hydrogen) atoms. The molecule has 0 aliphatic heterocycles. The van der Waals surface area contributed by atoms with E-state index < -0.39 is 0 Å². The number of anilines is 1. The van der Waals surface area contributed by atoms with E-state index in [2.05, 4.69) is 10.4 Å². The first-order valence-electron chi connectivity index (χ1n) is 5.64. The van der Waals surface area contributed by atoms with E-state index in [-0.39, 0.29) is 5.91 Å². The number of amides is 1. The predicted octanol–water partition coefficient (Wildman–Crippen LogP) is 2.28. The Bertz CT molecular complexity index is 490. The summed E-state index contributed by atoms with van der Waals surface area (Å²) in [5.41, 5.74) is 1.93. The Morgan fingerprint density at radius 2 is 2.12 bits per heavy atom. The van der Waals surface area contributed by atoms with Crippen molar-refractivity contribution in [2.45, 2.75) is 19.9 Å². The number of hydrogen-bond acceptors (Lipinski definition) is 2. The smallest absolute Gasteiger partial charge is 0.224 e. The second kappa shape index (κ2) is 5.30. The van der Waals surface area contributed by atoms with Crippen LogP contribution in [0.1, 0.15) is 18.9 Å². The molecule has 2 rings (SSSR count). The van der Waals surface area contributed by atoms with Crippen molar-refractivity contribution in [3.63, 3.8) is 0 Å². The van der Waals surface area contributed by atoms with E-state index >= 15 is 0 Å². The van der Waals surface area contributed by atoms with Crippen LogP contribution in [0.4, 0.5) is 5.69 Å². The second-order valence-electron chi connectivity index (χ2n) is 3.81. The summed E-state index contributed by atoms with van der Waals surface area (Å²) >= 11 is 0. The highest BCUT2D eigenvalue weighted by molar-refractivity contribution is 5.90. The summed E-state index contributed by atoms with van der Waals surface area (Å²) in [6.07, 6.45) is 3.97. The van der Waals surface area contributed by atoms with Crippen molar-refractivity contribution in [2.75, 3.05) is 5.32 Å². The van der Waals surface area contributed by atoms with Crippen LogP contribution in [0, 0.1) is 0 Å². The van der Waals surface area contributed by atoms with Crippen LogP contribution >= 0.6 is 0 Å². The molecule has 88 valence electrons. The van der Waals surface area contributed by atoms with E-state index in [0.29, 0.717) is 13.0 Å². The molecule has 1 aromatic carbocycles. The third-order valence-electron chi connectivity index (χ3n) is 2.43. The van der Waals surface area contributed by atoms with Gasteiger partial charge in [0, 0.05) is 12.6 Å². The molecule has 0 atom stereocenters. The van der Waals surface area contributed by atoms with E-state index in [9.17, 15) is 4.79 Å². The Hall–Kier alpha value is -2.10. The van der Waals surface area contributed by atoms with Crippen molar-refractivity contribution in [1.82, 2.24) is 9.78 Å². The molecule has 1 heterocycles. The quantitative estimate of drug-likeness (QED) is 0.874. The third-order valence-corrected chi connectivity index (χ3v) is 2.43. The minimum atomic E-state index is 0.00395. The highest BCUT2D eigenvalue weighted by Crippen LogP contribution is 2.08. The fourth-order valence-electron chi connectivity index (χ4n) is 1.53. The van der Waals surface area contributed by atoms with Gasteiger partial charge in [-0.1, -0.05) is 37.3 Å². The highest BCUT2D eigenvalue weighted by Gasteiger charge is 2.02. The molecule has 1 aromatic heterocycles. The van der Waals surface area contributed by atoms with Crippen molar-refractivity contribution < 1.29 is 4.79 Å². The van der Waals surface area contributed by atoms with Crippen LogP contribution in [0.25, 0.3) is 0 Å². The number of hydrogen-bond donors (Lipinski definition) is 1. The Morgan fingerprint density at radius 1 is 1.35 bits per heavy atom. The molecular weight excluding hydrogens is 214 g/mol. The van der Waals surface area contributed by atoms with Gasteiger partial charge in [-0.3, -0.25) is 9.48 Å². The average Bonchev–Trinajstić information content (AvgIpc) is 2.77. The SMILES string of the molecule is CCC(=O)Nc1cnn(Cc2ccccc2)c1. The van der Waals surface area contributed by atoms with Gasteiger partial charge < -0.3 is 5.32 Å². The second-order valence-corrected chi connectivity index (χ2v) is 3.81. The molecule has 2 aromatic rings. The van der Waals surface area contributed by atoms with E-state index in [1.54, 1.807) is 10.9 Å². The van der Waals surface area contributed by atoms with Crippen LogP contribution in [0.5, 0.6) is 0 Å². The maximum Gasteiger partial charge on any atom is 0.224 e. The standard InChI is InChI=1S/C13H15N3O/c1-2-13(17)15-12-8-14-16(10-12)9-11-6-4-3-5-7-11/h3-8,10H,2,9H2,1H3,(H,15,17). The monoisotopic (exact) mass is 229 g/mol. The van der Waals surface area contributed by atoms with Gasteiger partial charge in [-0.2, -0.15) is 5.10 Å². The van der Waals surface area contributed by atoms with E-state index in [4.69, 9.17) is 0 Å². The zero-order valence-corrected chi connectivity index (χ0v) is 9.76. The van der Waals surface area contributed by atoms with Crippen LogP contribution in [-0.2, 0) is 11.3 Å². The summed E-state index contributed by atoms with van der Waals surface area (Å²) in [4.78, 5) is 11.2. The number of nitrogens with one attached hydrogen (secondary N) is 1. The molecule has 0 spiro atoms. The fourth-order valence-corrected chi connectivity index (χ4v) is 1.53. The van der Waals surface area contributed by atoms with E-state index in [1.807, 2.05) is 43.5 Å². The Labute approximate surface area is 100 Å². The van der Waals surface area contributed by atoms with Crippen LogP contribution in [0.15, 0.2) is 42.7 Å². The van der Waals surface area contributed by atoms with Gasteiger partial charge in [0.1, 0.15) is 0 Å². The summed E-state index contributed by atoms with van der Waals surface area (Å²) in [6.45, 7) is 2.53. The molecule has 0 saturated carbocycles. The maximum atomic E-state index is 11.2. The summed E-state index contributed by atoms with van der Waals surface area (Å²) in [5.74, 6) is 0.00395. The zero-order valence-electron chi connectivity index (χ0n) is 9.76. The maximum absolute atomic E-state index is 11.2. The van der Waals surface area contributed by atoms with Gasteiger partial charge in [0.25, 0.3) is 0 Å². The summed E-state index contributed by atoms with van der Waals surface area (Å²) in [7, 11) is 0. The van der Waals surface area contributed by atoms with E-state index in [0.717, 1.165) is 5.69 Å². The number of rotatable bonds is 4. The van der Waals surface area contributed by atoms with Gasteiger partial charge in [-0.05, 0) is 5.56 Å². The van der Waals surface area contributed by atoms with Crippen LogP contribution in [0.3, 0.4) is 0 Å². The first-order valence-corrected chi connectivity index (χ1v) is 5.64. The minimum absolute atomic E-state index is 0.00395. The summed E-state index contributed by atoms with van der Waals surface area (Å²) in [5, 5.41) is 6.98. The Kier molecular flexibility index (Phi) is 3.55. The van der Waals surface area contributed by atoms with Crippen molar-refractivity contribution >= 4 is 11.6 Å². The molecular formula is C13H15N3O. The average molecular weight is 229 g/mol. The van der Waals surface area contributed by atoms with E-state index in [1.165, 1.54) is 5.56 Å². The molecule has 0 saturated heterocycles. The van der Waals surface area contributed by atoms with Crippen molar-refractivity contribution in [1.29, 1.82) is 0 Å². The number of aromatic nitrogens is 2. The number of nitrogens with zero attached hydrogens (tertiary/aromatic N) is 2. The van der Waals surface area contributed by atoms with Gasteiger partial charge in [0.15, 0.2) is 0 Å². The lowest BCUT2D eigenvalue weighted by molar-refractivity contribution is -0.115. The number of carbonyl (C=O) groups is 1. The molecule has 0 aliphatic carbocycles. The number of benzene rings is 1. The molecule has 0 fully saturated rings. The summed E-state index contributed by atoms with van der Waals surface area (Å²) in [6, 6.07) is 10.1. The van der Waals surface area contributed by atoms with Crippen molar-refractivity contribution in [3.8, 4) is 0 Å². The van der Waals surface area contributed by atoms with Gasteiger partial charge in [0.05, 0.1) is 18.4 Å². The summed E-state index contributed by atoms with van der Waals surface area (Å²) < 4.78 is 1.81. The molecule has 0 bridgehead atoms. The lowest BCUT2D eigenvalue weighted by atomic mass is 10.2. The van der Waals surface area contributed by atoms with Gasteiger partial charge in [-0.15, -0.1) is 0 Å². The first-order chi connectivity index (χ1) is 8.28. The van der Waals surface area contributed by atoms with Gasteiger partial charge in [-0.25, -0.2) is 0 Å². The topological polar surface area (TPSA) is 46.9 Å². The van der Waals surface area contributed by atoms with Gasteiger partial charge >= 0.3 is 0 Å². The van der Waals surface area contributed by atoms with Crippen molar-refractivity contribution in [3.05, 3.63) is 48.3 Å². The van der Waals surface area contributed by atoms with Crippen LogP contribution in [-0.4, -0.2) is 15.7 Å². The van der Waals surface area contributed by atoms with Crippen LogP contribution in [0.2, 0.25) is 0 Å². The lowest BCUT2D eigenvalue weighted by Crippen LogP contribution is -2.08. The Morgan fingerprint density at radius 3 is 2.82 bits per heavy atom. The Balaban J connectivity index is 2.01. The minimum Gasteiger partial charge on any atom is -0.323 e. The van der Waals surface area contributed by atoms with Crippen molar-refractivity contribution in [2.24, 2.45) is 0 Å². The van der Waals surface area contributed by atoms with Gasteiger partial charge in [0.2, 0.25) is 5.91 Å². The zero-order chi connectivity index (χ0) is 12.1. The molecule has 1 N–H and O–H groups in total. The number of carbonyl (C=O) groups excluding carboxylic acids is 1. The molecule has 0 unspecified atom stereocenters. The molecule has 1 amide bonds. The largest absolute Gasteiger partial charge is 0.323 e. The molecule has 4 nitrogen and oxygen atoms in total. The first kappa shape index (κ1) is 11.4.